The second-order valence-electron chi connectivity index (χ2n) is 10.1. The van der Waals surface area contributed by atoms with Crippen LogP contribution in [0.4, 0.5) is 5.69 Å². The first-order valence-corrected chi connectivity index (χ1v) is 14.9. The Morgan fingerprint density at radius 2 is 1.73 bits per heavy atom. The van der Waals surface area contributed by atoms with Crippen LogP contribution >= 0.6 is 27.5 Å². The number of benzene rings is 5. The van der Waals surface area contributed by atoms with Gasteiger partial charge in [-0.1, -0.05) is 66.2 Å². The second kappa shape index (κ2) is 11.6. The molecule has 0 saturated heterocycles. The van der Waals surface area contributed by atoms with E-state index in [0.717, 1.165) is 26.4 Å². The van der Waals surface area contributed by atoms with Gasteiger partial charge >= 0.3 is 5.69 Å². The highest BCUT2D eigenvalue weighted by molar-refractivity contribution is 9.10. The number of hydrogen-bond donors (Lipinski definition) is 0. The number of fused-ring (bicyclic) bond motifs is 3. The van der Waals surface area contributed by atoms with Crippen LogP contribution in [0.1, 0.15) is 11.1 Å². The molecule has 9 nitrogen and oxygen atoms in total. The lowest BCUT2D eigenvalue weighted by atomic mass is 10.1. The third-order valence-electron chi connectivity index (χ3n) is 7.27. The minimum atomic E-state index is -0.519. The van der Waals surface area contributed by atoms with Gasteiger partial charge in [-0.05, 0) is 74.7 Å². The predicted molar refractivity (Wildman–Crippen MR) is 178 cm³/mol. The summed E-state index contributed by atoms with van der Waals surface area (Å²) in [5.41, 5.74) is 1.58. The van der Waals surface area contributed by atoms with Gasteiger partial charge in [0.05, 0.1) is 26.5 Å². The molecule has 0 saturated carbocycles. The maximum absolute atomic E-state index is 13.6. The molecule has 0 unspecified atom stereocenters. The van der Waals surface area contributed by atoms with Gasteiger partial charge in [-0.25, -0.2) is 4.98 Å². The lowest BCUT2D eigenvalue weighted by molar-refractivity contribution is -0.386. The first kappa shape index (κ1) is 28.5. The van der Waals surface area contributed by atoms with E-state index in [9.17, 15) is 14.9 Å². The molecule has 0 radical (unpaired) electrons. The standard InChI is InChI=1S/C34H20BrClN4O5/c35-27-14-20(15-29(40(42)43)32(27)44-19-22-8-5-7-21-6-1-2-9-25(21)22)18-37-39-33(38-28-11-4-3-10-26(28)34(39)41)31-17-23-16-24(36)12-13-30(23)45-31/h1-18H,19H2. The van der Waals surface area contributed by atoms with Crippen LogP contribution in [-0.2, 0) is 6.61 Å². The minimum Gasteiger partial charge on any atom is -0.481 e. The van der Waals surface area contributed by atoms with Gasteiger partial charge in [0.1, 0.15) is 12.2 Å². The van der Waals surface area contributed by atoms with Crippen molar-refractivity contribution in [3.63, 3.8) is 0 Å². The normalized spacial score (nSPS) is 11.6. The van der Waals surface area contributed by atoms with E-state index in [-0.39, 0.29) is 23.9 Å². The van der Waals surface area contributed by atoms with Crippen LogP contribution in [0, 0.1) is 10.1 Å². The van der Waals surface area contributed by atoms with E-state index in [4.69, 9.17) is 20.8 Å². The number of nitro groups is 1. The van der Waals surface area contributed by atoms with Gasteiger partial charge in [0.15, 0.2) is 5.76 Å². The van der Waals surface area contributed by atoms with Gasteiger partial charge in [0, 0.05) is 22.0 Å². The molecule has 7 aromatic rings. The first-order chi connectivity index (χ1) is 21.9. The van der Waals surface area contributed by atoms with Crippen LogP contribution in [0.2, 0.25) is 5.02 Å². The van der Waals surface area contributed by atoms with Gasteiger partial charge in [-0.3, -0.25) is 14.9 Å². The van der Waals surface area contributed by atoms with Crippen molar-refractivity contribution >= 4 is 72.1 Å². The Morgan fingerprint density at radius 3 is 2.58 bits per heavy atom. The van der Waals surface area contributed by atoms with E-state index in [1.165, 1.54) is 12.3 Å². The lowest BCUT2D eigenvalue weighted by Gasteiger charge is -2.12. The van der Waals surface area contributed by atoms with Crippen molar-refractivity contribution in [3.05, 3.63) is 144 Å². The van der Waals surface area contributed by atoms with Crippen LogP contribution < -0.4 is 10.3 Å². The lowest BCUT2D eigenvalue weighted by Crippen LogP contribution is -2.20. The molecule has 0 fully saturated rings. The van der Waals surface area contributed by atoms with Crippen LogP contribution in [0.5, 0.6) is 5.75 Å². The molecule has 7 rings (SSSR count). The summed E-state index contributed by atoms with van der Waals surface area (Å²) in [4.78, 5) is 29.9. The average Bonchev–Trinajstić information content (AvgIpc) is 3.46. The summed E-state index contributed by atoms with van der Waals surface area (Å²) in [7, 11) is 0. The highest BCUT2D eigenvalue weighted by atomic mass is 79.9. The average molecular weight is 680 g/mol. The number of para-hydroxylation sites is 1. The fourth-order valence-corrected chi connectivity index (χ4v) is 5.92. The maximum atomic E-state index is 13.6. The zero-order valence-corrected chi connectivity index (χ0v) is 25.5. The van der Waals surface area contributed by atoms with Gasteiger partial charge in [-0.2, -0.15) is 9.78 Å². The molecule has 11 heteroatoms. The molecule has 0 N–H and O–H groups in total. The summed E-state index contributed by atoms with van der Waals surface area (Å²) in [6.07, 6.45) is 1.35. The number of halogens is 2. The second-order valence-corrected chi connectivity index (χ2v) is 11.4. The van der Waals surface area contributed by atoms with Crippen molar-refractivity contribution in [2.45, 2.75) is 6.61 Å². The van der Waals surface area contributed by atoms with E-state index < -0.39 is 10.5 Å². The van der Waals surface area contributed by atoms with Crippen molar-refractivity contribution in [2.75, 3.05) is 0 Å². The molecule has 0 amide bonds. The summed E-state index contributed by atoms with van der Waals surface area (Å²) in [5.74, 6) is 0.541. The number of rotatable bonds is 7. The third-order valence-corrected chi connectivity index (χ3v) is 8.09. The van der Waals surface area contributed by atoms with Gasteiger partial charge < -0.3 is 9.15 Å². The van der Waals surface area contributed by atoms with Crippen LogP contribution in [0.3, 0.4) is 0 Å². The maximum Gasteiger partial charge on any atom is 0.312 e. The Morgan fingerprint density at radius 1 is 0.956 bits per heavy atom. The summed E-state index contributed by atoms with van der Waals surface area (Å²) in [6.45, 7) is 0.123. The number of hydrogen-bond acceptors (Lipinski definition) is 7. The van der Waals surface area contributed by atoms with E-state index in [0.29, 0.717) is 37.3 Å². The quantitative estimate of drug-likeness (QED) is 0.0946. The summed E-state index contributed by atoms with van der Waals surface area (Å²) in [6, 6.07) is 30.5. The molecule has 0 aliphatic carbocycles. The van der Waals surface area contributed by atoms with Crippen LogP contribution in [-0.4, -0.2) is 20.8 Å². The van der Waals surface area contributed by atoms with Gasteiger partial charge in [-0.15, -0.1) is 0 Å². The van der Waals surface area contributed by atoms with Crippen LogP contribution in [0.25, 0.3) is 44.2 Å². The van der Waals surface area contributed by atoms with Gasteiger partial charge in [0.25, 0.3) is 5.56 Å². The molecular weight excluding hydrogens is 660 g/mol. The predicted octanol–water partition coefficient (Wildman–Crippen LogP) is 8.75. The molecular formula is C34H20BrClN4O5. The largest absolute Gasteiger partial charge is 0.481 e. The van der Waals surface area contributed by atoms with E-state index in [1.54, 1.807) is 54.6 Å². The molecule has 220 valence electrons. The Hall–Kier alpha value is -5.32. The summed E-state index contributed by atoms with van der Waals surface area (Å²) < 4.78 is 13.5. The fourth-order valence-electron chi connectivity index (χ4n) is 5.16. The number of nitro benzene ring substituents is 1. The topological polar surface area (TPSA) is 113 Å². The summed E-state index contributed by atoms with van der Waals surface area (Å²) >= 11 is 9.60. The Kier molecular flexibility index (Phi) is 7.36. The number of nitrogens with zero attached hydrogens (tertiary/aromatic N) is 4. The Balaban J connectivity index is 1.28. The van der Waals surface area contributed by atoms with E-state index >= 15 is 0 Å². The van der Waals surface area contributed by atoms with Crippen molar-refractivity contribution in [1.29, 1.82) is 0 Å². The minimum absolute atomic E-state index is 0.0799. The SMILES string of the molecule is O=c1c2ccccc2nc(-c2cc3cc(Cl)ccc3o2)n1N=Cc1cc(Br)c(OCc2cccc3ccccc23)c([N+](=O)[O-])c1. The van der Waals surface area contributed by atoms with Crippen LogP contribution in [0.15, 0.2) is 122 Å². The zero-order valence-electron chi connectivity index (χ0n) is 23.2. The molecule has 0 bridgehead atoms. The molecule has 0 aliphatic rings. The van der Waals surface area contributed by atoms with Crippen molar-refractivity contribution in [2.24, 2.45) is 5.10 Å². The summed E-state index contributed by atoms with van der Waals surface area (Å²) in [5, 5.41) is 20.2. The van der Waals surface area contributed by atoms with Crippen molar-refractivity contribution in [3.8, 4) is 17.3 Å². The van der Waals surface area contributed by atoms with Crippen molar-refractivity contribution < 1.29 is 14.1 Å². The molecule has 2 heterocycles. The molecule has 45 heavy (non-hydrogen) atoms. The van der Waals surface area contributed by atoms with E-state index in [2.05, 4.69) is 26.0 Å². The first-order valence-electron chi connectivity index (χ1n) is 13.7. The number of ether oxygens (including phenoxy) is 1. The molecule has 0 aliphatic heterocycles. The number of furan rings is 1. The monoisotopic (exact) mass is 678 g/mol. The smallest absolute Gasteiger partial charge is 0.312 e. The Bertz CT molecular complexity index is 2380. The highest BCUT2D eigenvalue weighted by Gasteiger charge is 2.21. The highest BCUT2D eigenvalue weighted by Crippen LogP contribution is 2.37. The molecule has 0 spiro atoms. The Labute approximate surface area is 268 Å². The molecule has 2 aromatic heterocycles. The fraction of sp³-hybridized carbons (Fsp3) is 0.0294. The third kappa shape index (κ3) is 5.45. The van der Waals surface area contributed by atoms with E-state index in [1.807, 2.05) is 42.5 Å². The molecule has 5 aromatic carbocycles. The number of aromatic nitrogens is 2. The zero-order chi connectivity index (χ0) is 31.1. The van der Waals surface area contributed by atoms with Gasteiger partial charge in [0.2, 0.25) is 11.6 Å². The van der Waals surface area contributed by atoms with Crippen molar-refractivity contribution in [1.82, 2.24) is 9.66 Å². The molecule has 0 atom stereocenters.